The number of benzene rings is 2. The molecule has 4 nitrogen and oxygen atoms in total. The van der Waals surface area contributed by atoms with E-state index in [1.54, 1.807) is 0 Å². The number of hydrogen-bond acceptors (Lipinski definition) is 4. The molecule has 2 N–H and O–H groups in total. The van der Waals surface area contributed by atoms with Gasteiger partial charge in [-0.05, 0) is 37.4 Å². The predicted octanol–water partition coefficient (Wildman–Crippen LogP) is 2.47. The van der Waals surface area contributed by atoms with Crippen molar-refractivity contribution < 1.29 is 14.9 Å². The van der Waals surface area contributed by atoms with Crippen LogP contribution in [0.4, 0.5) is 0 Å². The summed E-state index contributed by atoms with van der Waals surface area (Å²) in [5.41, 5.74) is 2.14. The Kier molecular flexibility index (Phi) is 6.59. The van der Waals surface area contributed by atoms with Gasteiger partial charge in [-0.25, -0.2) is 0 Å². The number of aliphatic hydroxyl groups excluding tert-OH is 2. The topological polar surface area (TPSA) is 52.9 Å². The van der Waals surface area contributed by atoms with E-state index in [2.05, 4.69) is 0 Å². The lowest BCUT2D eigenvalue weighted by Crippen LogP contribution is -2.31. The fraction of sp³-hybridized carbons (Fsp3) is 0.368. The summed E-state index contributed by atoms with van der Waals surface area (Å²) in [6, 6.07) is 17.8. The van der Waals surface area contributed by atoms with E-state index < -0.39 is 0 Å². The molecule has 2 aromatic carbocycles. The van der Waals surface area contributed by atoms with Gasteiger partial charge in [0, 0.05) is 25.2 Å². The Bertz CT molecular complexity index is 582. The molecule has 0 aliphatic rings. The van der Waals surface area contributed by atoms with Crippen molar-refractivity contribution in [2.45, 2.75) is 12.6 Å². The van der Waals surface area contributed by atoms with Crippen LogP contribution in [0, 0.1) is 5.92 Å². The van der Waals surface area contributed by atoms with E-state index in [4.69, 9.17) is 4.74 Å². The maximum absolute atomic E-state index is 9.51. The molecule has 0 saturated carbocycles. The fourth-order valence-electron chi connectivity index (χ4n) is 2.78. The minimum Gasteiger partial charge on any atom is -0.489 e. The minimum atomic E-state index is -0.227. The summed E-state index contributed by atoms with van der Waals surface area (Å²) in [6.07, 6.45) is 0. The van der Waals surface area contributed by atoms with Crippen molar-refractivity contribution >= 4 is 0 Å². The van der Waals surface area contributed by atoms with Crippen LogP contribution in [0.3, 0.4) is 0 Å². The minimum absolute atomic E-state index is 0.0611. The lowest BCUT2D eigenvalue weighted by Gasteiger charge is -2.30. The van der Waals surface area contributed by atoms with Gasteiger partial charge in [-0.1, -0.05) is 42.5 Å². The van der Waals surface area contributed by atoms with Gasteiger partial charge in [-0.15, -0.1) is 0 Å². The third-order valence-corrected chi connectivity index (χ3v) is 3.92. The molecule has 0 fully saturated rings. The maximum Gasteiger partial charge on any atom is 0.120 e. The molecule has 4 heteroatoms. The zero-order valence-electron chi connectivity index (χ0n) is 13.7. The first kappa shape index (κ1) is 17.5. The van der Waals surface area contributed by atoms with Crippen LogP contribution in [-0.2, 0) is 6.61 Å². The summed E-state index contributed by atoms with van der Waals surface area (Å²) < 4.78 is 5.87. The molecule has 124 valence electrons. The van der Waals surface area contributed by atoms with Gasteiger partial charge in [-0.2, -0.15) is 0 Å². The van der Waals surface area contributed by atoms with Crippen molar-refractivity contribution in [2.75, 3.05) is 27.3 Å². The highest BCUT2D eigenvalue weighted by Crippen LogP contribution is 2.29. The van der Waals surface area contributed by atoms with E-state index in [0.717, 1.165) is 16.9 Å². The first-order valence-corrected chi connectivity index (χ1v) is 7.80. The zero-order valence-corrected chi connectivity index (χ0v) is 13.7. The Hall–Kier alpha value is -1.88. The van der Waals surface area contributed by atoms with Gasteiger partial charge in [0.25, 0.3) is 0 Å². The Morgan fingerprint density at radius 2 is 1.65 bits per heavy atom. The molecule has 0 saturated heterocycles. The van der Waals surface area contributed by atoms with E-state index in [1.165, 1.54) is 0 Å². The van der Waals surface area contributed by atoms with Crippen molar-refractivity contribution in [3.63, 3.8) is 0 Å². The van der Waals surface area contributed by atoms with Gasteiger partial charge < -0.3 is 19.8 Å². The third-order valence-electron chi connectivity index (χ3n) is 3.92. The first-order chi connectivity index (χ1) is 11.2. The normalized spacial score (nSPS) is 12.6. The van der Waals surface area contributed by atoms with Gasteiger partial charge in [-0.3, -0.25) is 0 Å². The van der Waals surface area contributed by atoms with Gasteiger partial charge in [0.15, 0.2) is 0 Å². The maximum atomic E-state index is 9.51. The lowest BCUT2D eigenvalue weighted by molar-refractivity contribution is 0.0807. The Morgan fingerprint density at radius 1 is 0.957 bits per heavy atom. The smallest absolute Gasteiger partial charge is 0.120 e. The molecular formula is C19H25NO3. The summed E-state index contributed by atoms with van der Waals surface area (Å²) in [5, 5.41) is 19.0. The Balaban J connectivity index is 2.14. The van der Waals surface area contributed by atoms with Crippen molar-refractivity contribution in [1.82, 2.24) is 4.90 Å². The molecule has 1 atom stereocenters. The van der Waals surface area contributed by atoms with Gasteiger partial charge in [0.1, 0.15) is 12.4 Å². The monoisotopic (exact) mass is 315 g/mol. The molecule has 0 amide bonds. The number of hydrogen-bond donors (Lipinski definition) is 2. The van der Waals surface area contributed by atoms with E-state index in [-0.39, 0.29) is 25.2 Å². The summed E-state index contributed by atoms with van der Waals surface area (Å²) in [7, 11) is 3.89. The molecule has 2 rings (SSSR count). The Labute approximate surface area is 138 Å². The molecule has 1 unspecified atom stereocenters. The molecule has 0 radical (unpaired) electrons. The largest absolute Gasteiger partial charge is 0.489 e. The van der Waals surface area contributed by atoms with Crippen LogP contribution >= 0.6 is 0 Å². The second kappa shape index (κ2) is 8.67. The summed E-state index contributed by atoms with van der Waals surface area (Å²) >= 11 is 0. The van der Waals surface area contributed by atoms with Gasteiger partial charge in [0.2, 0.25) is 0 Å². The Morgan fingerprint density at radius 3 is 2.26 bits per heavy atom. The molecule has 0 bridgehead atoms. The molecular weight excluding hydrogens is 290 g/mol. The van der Waals surface area contributed by atoms with Crippen molar-refractivity contribution in [1.29, 1.82) is 0 Å². The van der Waals surface area contributed by atoms with Crippen LogP contribution in [0.2, 0.25) is 0 Å². The molecule has 0 aliphatic heterocycles. The average Bonchev–Trinajstić information content (AvgIpc) is 2.58. The number of nitrogens with zero attached hydrogens (tertiary/aromatic N) is 1. The highest BCUT2D eigenvalue weighted by atomic mass is 16.5. The highest BCUT2D eigenvalue weighted by molar-refractivity contribution is 5.31. The zero-order chi connectivity index (χ0) is 16.7. The average molecular weight is 315 g/mol. The molecule has 0 aromatic heterocycles. The van der Waals surface area contributed by atoms with E-state index in [0.29, 0.717) is 6.61 Å². The quantitative estimate of drug-likeness (QED) is 0.786. The van der Waals surface area contributed by atoms with Crippen LogP contribution < -0.4 is 4.74 Å². The van der Waals surface area contributed by atoms with Crippen LogP contribution in [0.1, 0.15) is 17.2 Å². The second-order valence-corrected chi connectivity index (χ2v) is 5.88. The van der Waals surface area contributed by atoms with Crippen molar-refractivity contribution in [3.05, 3.63) is 65.7 Å². The van der Waals surface area contributed by atoms with E-state index in [1.807, 2.05) is 73.6 Å². The molecule has 23 heavy (non-hydrogen) atoms. The number of rotatable bonds is 8. The standard InChI is InChI=1S/C19H25NO3/c1-20(2)19(17(12-21)13-22)16-9-6-10-18(11-16)23-14-15-7-4-3-5-8-15/h3-11,17,19,21-22H,12-14H2,1-2H3. The third kappa shape index (κ3) is 4.79. The molecule has 0 spiro atoms. The van der Waals surface area contributed by atoms with E-state index in [9.17, 15) is 10.2 Å². The summed E-state index contributed by atoms with van der Waals surface area (Å²) in [5.74, 6) is 0.558. The van der Waals surface area contributed by atoms with Gasteiger partial charge in [0.05, 0.1) is 0 Å². The summed E-state index contributed by atoms with van der Waals surface area (Å²) in [6.45, 7) is 0.392. The van der Waals surface area contributed by atoms with Crippen LogP contribution in [0.15, 0.2) is 54.6 Å². The molecule has 2 aromatic rings. The van der Waals surface area contributed by atoms with Crippen LogP contribution in [0.5, 0.6) is 5.75 Å². The lowest BCUT2D eigenvalue weighted by atomic mass is 9.93. The number of ether oxygens (including phenoxy) is 1. The van der Waals surface area contributed by atoms with Crippen LogP contribution in [0.25, 0.3) is 0 Å². The van der Waals surface area contributed by atoms with Gasteiger partial charge >= 0.3 is 0 Å². The molecule has 0 aliphatic carbocycles. The predicted molar refractivity (Wildman–Crippen MR) is 91.3 cm³/mol. The first-order valence-electron chi connectivity index (χ1n) is 7.80. The number of aliphatic hydroxyl groups is 2. The fourth-order valence-corrected chi connectivity index (χ4v) is 2.78. The highest BCUT2D eigenvalue weighted by Gasteiger charge is 2.24. The SMILES string of the molecule is CN(C)C(c1cccc(OCc2ccccc2)c1)C(CO)CO. The second-order valence-electron chi connectivity index (χ2n) is 5.88. The van der Waals surface area contributed by atoms with E-state index >= 15 is 0 Å². The molecule has 0 heterocycles. The summed E-state index contributed by atoms with van der Waals surface area (Å²) in [4.78, 5) is 2.01. The van der Waals surface area contributed by atoms with Crippen molar-refractivity contribution in [2.24, 2.45) is 5.92 Å². The van der Waals surface area contributed by atoms with Crippen LogP contribution in [-0.4, -0.2) is 42.4 Å². The van der Waals surface area contributed by atoms with Crippen molar-refractivity contribution in [3.8, 4) is 5.75 Å².